The number of rotatable bonds is 6. The molecule has 0 fully saturated rings. The van der Waals surface area contributed by atoms with E-state index in [4.69, 9.17) is 4.18 Å². The lowest BCUT2D eigenvalue weighted by Crippen LogP contribution is -2.57. The van der Waals surface area contributed by atoms with Crippen LogP contribution in [0.1, 0.15) is 40.5 Å². The fraction of sp³-hybridized carbons (Fsp3) is 0.875. The first-order valence-electron chi connectivity index (χ1n) is 8.07. The summed E-state index contributed by atoms with van der Waals surface area (Å²) in [5, 5.41) is 3.71. The van der Waals surface area contributed by atoms with Crippen LogP contribution in [0, 0.1) is 11.8 Å². The van der Waals surface area contributed by atoms with Crippen molar-refractivity contribution in [3.63, 3.8) is 0 Å². The first-order valence-corrected chi connectivity index (χ1v) is 10.8. The second kappa shape index (κ2) is 8.43. The van der Waals surface area contributed by atoms with Gasteiger partial charge in [-0.05, 0) is 52.5 Å². The molecule has 0 bridgehead atoms. The highest BCUT2D eigenvalue weighted by Gasteiger charge is 2.35. The van der Waals surface area contributed by atoms with Gasteiger partial charge in [-0.25, -0.2) is 0 Å². The zero-order valence-electron chi connectivity index (χ0n) is 15.0. The second-order valence-electron chi connectivity index (χ2n) is 7.45. The molecule has 0 amide bonds. The molecular weight excluding hydrogens is 380 g/mol. The van der Waals surface area contributed by atoms with Crippen LogP contribution in [0.5, 0.6) is 0 Å². The van der Waals surface area contributed by atoms with Gasteiger partial charge in [-0.15, -0.1) is 0 Å². The molecule has 0 saturated heterocycles. The smallest absolute Gasteiger partial charge is 0.264 e. The predicted octanol–water partition coefficient (Wildman–Crippen LogP) is 2.93. The fourth-order valence-corrected chi connectivity index (χ4v) is 3.74. The van der Waals surface area contributed by atoms with Crippen LogP contribution in [0.25, 0.3) is 0 Å². The summed E-state index contributed by atoms with van der Waals surface area (Å²) >= 11 is 3.71. The number of halogens is 1. The number of nitrogens with zero attached hydrogens (tertiary/aromatic N) is 1. The third-order valence-corrected chi connectivity index (χ3v) is 5.59. The Morgan fingerprint density at radius 1 is 1.30 bits per heavy atom. The quantitative estimate of drug-likeness (QED) is 0.240. The van der Waals surface area contributed by atoms with Crippen molar-refractivity contribution in [3.8, 4) is 0 Å². The average Bonchev–Trinajstić information content (AvgIpc) is 2.47. The van der Waals surface area contributed by atoms with Crippen molar-refractivity contribution < 1.29 is 12.6 Å². The Kier molecular flexibility index (Phi) is 7.73. The molecule has 5 nitrogen and oxygen atoms in total. The maximum Gasteiger partial charge on any atom is 0.264 e. The van der Waals surface area contributed by atoms with E-state index in [1.165, 1.54) is 0 Å². The normalized spacial score (nSPS) is 30.4. The Hall–Kier alpha value is 0.0500. The minimum atomic E-state index is -3.36. The highest BCUT2D eigenvalue weighted by atomic mass is 79.9. The van der Waals surface area contributed by atoms with Crippen LogP contribution in [0.2, 0.25) is 0 Å². The largest absolute Gasteiger partial charge is 0.297 e. The van der Waals surface area contributed by atoms with Gasteiger partial charge in [-0.3, -0.25) is 14.4 Å². The molecule has 1 aliphatic rings. The van der Waals surface area contributed by atoms with Crippen molar-refractivity contribution in [2.24, 2.45) is 11.8 Å². The van der Waals surface area contributed by atoms with E-state index in [9.17, 15) is 8.42 Å². The summed E-state index contributed by atoms with van der Waals surface area (Å²) in [7, 11) is -1.25. The molecule has 136 valence electrons. The summed E-state index contributed by atoms with van der Waals surface area (Å²) in [6.45, 7) is 8.95. The van der Waals surface area contributed by atoms with Gasteiger partial charge in [-0.2, -0.15) is 8.42 Å². The molecule has 0 saturated carbocycles. The molecule has 0 aromatic rings. The monoisotopic (exact) mass is 410 g/mol. The Labute approximate surface area is 150 Å². The molecule has 1 N–H and O–H groups in total. The number of alkyl halides is 1. The van der Waals surface area contributed by atoms with Crippen LogP contribution in [-0.4, -0.2) is 49.9 Å². The zero-order valence-corrected chi connectivity index (χ0v) is 17.4. The first kappa shape index (κ1) is 21.1. The molecule has 0 spiro atoms. The molecule has 1 rings (SSSR count). The topological polar surface area (TPSA) is 58.6 Å². The van der Waals surface area contributed by atoms with E-state index in [1.807, 2.05) is 0 Å². The summed E-state index contributed by atoms with van der Waals surface area (Å²) < 4.78 is 27.1. The first-order chi connectivity index (χ1) is 10.4. The van der Waals surface area contributed by atoms with Gasteiger partial charge in [0.15, 0.2) is 0 Å². The predicted molar refractivity (Wildman–Crippen MR) is 99.0 cm³/mol. The van der Waals surface area contributed by atoms with Gasteiger partial charge in [-0.1, -0.05) is 35.0 Å². The minimum absolute atomic E-state index is 0.00276. The number of likely N-dealkylation sites (N-methyl/N-ethyl adjacent to an activating group) is 1. The molecule has 1 heterocycles. The van der Waals surface area contributed by atoms with E-state index in [1.54, 1.807) is 0 Å². The van der Waals surface area contributed by atoms with Crippen molar-refractivity contribution in [1.82, 2.24) is 10.2 Å². The second-order valence-corrected chi connectivity index (χ2v) is 10.0. The van der Waals surface area contributed by atoms with E-state index in [2.05, 4.69) is 73.0 Å². The van der Waals surface area contributed by atoms with Crippen LogP contribution in [0.15, 0.2) is 12.2 Å². The number of hydrogen-bond acceptors (Lipinski definition) is 5. The SMILES string of the molecule is CC1C=CC(Br)N(C)C(NC(C)(C)C)C1CCCOS(C)(=O)=O. The number of hydrogen-bond donors (Lipinski definition) is 1. The highest BCUT2D eigenvalue weighted by molar-refractivity contribution is 9.09. The van der Waals surface area contributed by atoms with Crippen molar-refractivity contribution in [2.45, 2.75) is 57.2 Å². The average molecular weight is 411 g/mol. The van der Waals surface area contributed by atoms with Crippen LogP contribution in [0.3, 0.4) is 0 Å². The molecule has 4 atom stereocenters. The maximum absolute atomic E-state index is 11.1. The van der Waals surface area contributed by atoms with E-state index < -0.39 is 10.1 Å². The minimum Gasteiger partial charge on any atom is -0.297 e. The summed E-state index contributed by atoms with van der Waals surface area (Å²) in [5.74, 6) is 0.777. The summed E-state index contributed by atoms with van der Waals surface area (Å²) in [4.78, 5) is 2.47. The van der Waals surface area contributed by atoms with Gasteiger partial charge < -0.3 is 0 Å². The molecule has 23 heavy (non-hydrogen) atoms. The summed E-state index contributed by atoms with van der Waals surface area (Å²) in [5.41, 5.74) is -0.00276. The molecule has 0 aliphatic carbocycles. The van der Waals surface area contributed by atoms with Crippen molar-refractivity contribution in [2.75, 3.05) is 19.9 Å². The van der Waals surface area contributed by atoms with Crippen LogP contribution >= 0.6 is 15.9 Å². The number of nitrogens with one attached hydrogen (secondary N) is 1. The third-order valence-electron chi connectivity index (χ3n) is 4.04. The third kappa shape index (κ3) is 7.65. The lowest BCUT2D eigenvalue weighted by Gasteiger charge is -2.41. The molecule has 0 aromatic heterocycles. The molecule has 0 radical (unpaired) electrons. The van der Waals surface area contributed by atoms with Gasteiger partial charge in [0.1, 0.15) is 0 Å². The van der Waals surface area contributed by atoms with Crippen LogP contribution in [-0.2, 0) is 14.3 Å². The van der Waals surface area contributed by atoms with E-state index in [-0.39, 0.29) is 23.3 Å². The zero-order chi connectivity index (χ0) is 17.8. The molecule has 1 aliphatic heterocycles. The molecular formula is C16H31BrN2O3S. The van der Waals surface area contributed by atoms with Gasteiger partial charge >= 0.3 is 0 Å². The van der Waals surface area contributed by atoms with E-state index in [0.29, 0.717) is 11.8 Å². The Balaban J connectivity index is 2.81. The lowest BCUT2D eigenvalue weighted by molar-refractivity contribution is 0.0935. The highest BCUT2D eigenvalue weighted by Crippen LogP contribution is 2.31. The summed E-state index contributed by atoms with van der Waals surface area (Å²) in [6.07, 6.45) is 7.33. The van der Waals surface area contributed by atoms with Crippen LogP contribution < -0.4 is 5.32 Å². The summed E-state index contributed by atoms with van der Waals surface area (Å²) in [6, 6.07) is 0. The standard InChI is InChI=1S/C16H31BrN2O3S/c1-12-9-10-14(17)19(5)15(18-16(2,3)4)13(12)8-7-11-22-23(6,20)21/h9-10,12-15,18H,7-8,11H2,1-6H3. The number of allylic oxidation sites excluding steroid dienone is 1. The fourth-order valence-electron chi connectivity index (χ4n) is 2.89. The van der Waals surface area contributed by atoms with Crippen molar-refractivity contribution in [3.05, 3.63) is 12.2 Å². The Morgan fingerprint density at radius 2 is 1.91 bits per heavy atom. The van der Waals surface area contributed by atoms with E-state index >= 15 is 0 Å². The van der Waals surface area contributed by atoms with Gasteiger partial charge in [0.05, 0.1) is 24.0 Å². The lowest BCUT2D eigenvalue weighted by atomic mass is 9.86. The Bertz CT molecular complexity index is 502. The van der Waals surface area contributed by atoms with Gasteiger partial charge in [0.25, 0.3) is 10.1 Å². The van der Waals surface area contributed by atoms with Gasteiger partial charge in [0.2, 0.25) is 0 Å². The molecule has 0 aromatic carbocycles. The van der Waals surface area contributed by atoms with Gasteiger partial charge in [0, 0.05) is 5.54 Å². The maximum atomic E-state index is 11.1. The van der Waals surface area contributed by atoms with E-state index in [0.717, 1.165) is 19.1 Å². The van der Waals surface area contributed by atoms with Crippen LogP contribution in [0.4, 0.5) is 0 Å². The van der Waals surface area contributed by atoms with Crippen molar-refractivity contribution in [1.29, 1.82) is 0 Å². The molecule has 7 heteroatoms. The van der Waals surface area contributed by atoms with Crippen molar-refractivity contribution >= 4 is 26.0 Å². The Morgan fingerprint density at radius 3 is 2.43 bits per heavy atom. The molecule has 4 unspecified atom stereocenters.